The first-order chi connectivity index (χ1) is 14.8. The SMILES string of the molecule is Cc1cc(C)c(B(c2c(C)cc(C)cc2C)c2cnc(-c3ccccc3)n2C)c(C)c1. The van der Waals surface area contributed by atoms with Gasteiger partial charge in [-0.25, -0.2) is 4.98 Å². The molecule has 0 aliphatic heterocycles. The van der Waals surface area contributed by atoms with Gasteiger partial charge < -0.3 is 4.57 Å². The van der Waals surface area contributed by atoms with Gasteiger partial charge in [0.2, 0.25) is 0 Å². The van der Waals surface area contributed by atoms with Crippen molar-refractivity contribution in [1.82, 2.24) is 9.55 Å². The second-order valence-electron chi connectivity index (χ2n) is 8.99. The van der Waals surface area contributed by atoms with Crippen LogP contribution in [-0.2, 0) is 7.05 Å². The van der Waals surface area contributed by atoms with E-state index in [1.807, 2.05) is 6.07 Å². The quantitative estimate of drug-likeness (QED) is 0.458. The molecule has 0 unspecified atom stereocenters. The van der Waals surface area contributed by atoms with E-state index in [1.54, 1.807) is 0 Å². The lowest BCUT2D eigenvalue weighted by molar-refractivity contribution is 0.949. The topological polar surface area (TPSA) is 17.8 Å². The summed E-state index contributed by atoms with van der Waals surface area (Å²) < 4.78 is 2.28. The molecule has 0 N–H and O–H groups in total. The van der Waals surface area contributed by atoms with Gasteiger partial charge in [0.1, 0.15) is 5.82 Å². The van der Waals surface area contributed by atoms with Crippen molar-refractivity contribution in [2.45, 2.75) is 41.5 Å². The number of hydrogen-bond acceptors (Lipinski definition) is 1. The molecule has 4 rings (SSSR count). The first kappa shape index (κ1) is 21.2. The molecule has 0 fully saturated rings. The molecular weight excluding hydrogens is 375 g/mol. The van der Waals surface area contributed by atoms with Crippen LogP contribution >= 0.6 is 0 Å². The number of hydrogen-bond donors (Lipinski definition) is 0. The van der Waals surface area contributed by atoms with Crippen molar-refractivity contribution in [3.63, 3.8) is 0 Å². The van der Waals surface area contributed by atoms with Gasteiger partial charge in [0.25, 0.3) is 6.71 Å². The minimum Gasteiger partial charge on any atom is -0.339 e. The van der Waals surface area contributed by atoms with Crippen molar-refractivity contribution in [1.29, 1.82) is 0 Å². The Bertz CT molecular complexity index is 1150. The van der Waals surface area contributed by atoms with E-state index in [0.717, 1.165) is 11.4 Å². The fraction of sp³-hybridized carbons (Fsp3) is 0.250. The maximum absolute atomic E-state index is 4.87. The monoisotopic (exact) mass is 406 g/mol. The van der Waals surface area contributed by atoms with E-state index in [1.165, 1.54) is 49.9 Å². The Balaban J connectivity index is 2.02. The lowest BCUT2D eigenvalue weighted by Crippen LogP contribution is -2.57. The summed E-state index contributed by atoms with van der Waals surface area (Å²) in [5.41, 5.74) is 13.1. The third-order valence-electron chi connectivity index (χ3n) is 6.41. The maximum atomic E-state index is 4.87. The summed E-state index contributed by atoms with van der Waals surface area (Å²) in [6.45, 7) is 13.5. The van der Waals surface area contributed by atoms with Gasteiger partial charge >= 0.3 is 0 Å². The number of rotatable bonds is 4. The standard InChI is InChI=1S/C28H31BN2/c1-18-13-20(3)26(21(4)14-18)29(27-22(5)15-19(2)16-23(27)6)25-17-30-28(31(25)7)24-11-9-8-10-12-24/h8-17H,1-7H3. The van der Waals surface area contributed by atoms with E-state index >= 15 is 0 Å². The number of nitrogens with zero attached hydrogens (tertiary/aromatic N) is 2. The van der Waals surface area contributed by atoms with Gasteiger partial charge in [-0.15, -0.1) is 0 Å². The predicted molar refractivity (Wildman–Crippen MR) is 135 cm³/mol. The largest absolute Gasteiger partial charge is 0.339 e. The van der Waals surface area contributed by atoms with Gasteiger partial charge in [-0.3, -0.25) is 0 Å². The highest BCUT2D eigenvalue weighted by atomic mass is 15.0. The molecule has 0 radical (unpaired) electrons. The highest BCUT2D eigenvalue weighted by Crippen LogP contribution is 2.17. The van der Waals surface area contributed by atoms with E-state index < -0.39 is 0 Å². The Morgan fingerprint density at radius 1 is 0.677 bits per heavy atom. The lowest BCUT2D eigenvalue weighted by Gasteiger charge is -2.24. The van der Waals surface area contributed by atoms with E-state index in [-0.39, 0.29) is 6.71 Å². The molecule has 31 heavy (non-hydrogen) atoms. The third kappa shape index (κ3) is 3.85. The molecule has 0 saturated carbocycles. The van der Waals surface area contributed by atoms with E-state index in [0.29, 0.717) is 0 Å². The molecule has 1 aromatic heterocycles. The Labute approximate surface area is 187 Å². The summed E-state index contributed by atoms with van der Waals surface area (Å²) >= 11 is 0. The summed E-state index contributed by atoms with van der Waals surface area (Å²) in [6.07, 6.45) is 2.07. The van der Waals surface area contributed by atoms with Crippen LogP contribution in [0.1, 0.15) is 33.4 Å². The average Bonchev–Trinajstić information content (AvgIpc) is 3.07. The van der Waals surface area contributed by atoms with Crippen molar-refractivity contribution in [2.24, 2.45) is 7.05 Å². The summed E-state index contributed by atoms with van der Waals surface area (Å²) in [4.78, 5) is 4.87. The number of aromatic nitrogens is 2. The second-order valence-corrected chi connectivity index (χ2v) is 8.99. The zero-order valence-electron chi connectivity index (χ0n) is 19.7. The Hall–Kier alpha value is -3.07. The fourth-order valence-corrected chi connectivity index (χ4v) is 5.28. The first-order valence-corrected chi connectivity index (χ1v) is 11.0. The van der Waals surface area contributed by atoms with Crippen LogP contribution in [0.3, 0.4) is 0 Å². The van der Waals surface area contributed by atoms with Crippen LogP contribution < -0.4 is 16.5 Å². The molecule has 0 bridgehead atoms. The first-order valence-electron chi connectivity index (χ1n) is 11.0. The van der Waals surface area contributed by atoms with Gasteiger partial charge in [0.05, 0.1) is 0 Å². The summed E-state index contributed by atoms with van der Waals surface area (Å²) in [6, 6.07) is 19.7. The second kappa shape index (κ2) is 8.22. The van der Waals surface area contributed by atoms with Gasteiger partial charge in [0, 0.05) is 24.4 Å². The Kier molecular flexibility index (Phi) is 5.62. The van der Waals surface area contributed by atoms with Crippen molar-refractivity contribution in [2.75, 3.05) is 0 Å². The molecule has 0 saturated heterocycles. The van der Waals surface area contributed by atoms with Crippen LogP contribution in [0, 0.1) is 41.5 Å². The van der Waals surface area contributed by atoms with E-state index in [9.17, 15) is 0 Å². The third-order valence-corrected chi connectivity index (χ3v) is 6.41. The number of imidazole rings is 1. The minimum absolute atomic E-state index is 0.135. The molecule has 3 aromatic carbocycles. The van der Waals surface area contributed by atoms with Crippen LogP contribution in [0.15, 0.2) is 60.8 Å². The van der Waals surface area contributed by atoms with Gasteiger partial charge in [0.15, 0.2) is 0 Å². The Morgan fingerprint density at radius 3 is 1.58 bits per heavy atom. The molecule has 0 aliphatic rings. The molecule has 0 atom stereocenters. The predicted octanol–water partition coefficient (Wildman–Crippen LogP) is 4.45. The van der Waals surface area contributed by atoms with Crippen LogP contribution in [0.25, 0.3) is 11.4 Å². The molecule has 156 valence electrons. The maximum Gasteiger partial charge on any atom is 0.265 e. The molecule has 0 aliphatic carbocycles. The van der Waals surface area contributed by atoms with Crippen molar-refractivity contribution in [3.05, 3.63) is 94.2 Å². The van der Waals surface area contributed by atoms with Crippen molar-refractivity contribution >= 4 is 23.2 Å². The fourth-order valence-electron chi connectivity index (χ4n) is 5.28. The molecule has 4 aromatic rings. The van der Waals surface area contributed by atoms with Crippen LogP contribution in [0.5, 0.6) is 0 Å². The summed E-state index contributed by atoms with van der Waals surface area (Å²) in [5, 5.41) is 0. The van der Waals surface area contributed by atoms with Crippen LogP contribution in [-0.4, -0.2) is 16.3 Å². The van der Waals surface area contributed by atoms with Gasteiger partial charge in [-0.1, -0.05) is 98.9 Å². The smallest absolute Gasteiger partial charge is 0.265 e. The molecular formula is C28H31BN2. The molecule has 0 amide bonds. The molecule has 2 nitrogen and oxygen atoms in total. The summed E-state index contributed by atoms with van der Waals surface area (Å²) in [5.74, 6) is 1.01. The lowest BCUT2D eigenvalue weighted by atomic mass is 9.35. The van der Waals surface area contributed by atoms with Gasteiger partial charge in [-0.05, 0) is 41.5 Å². The number of aryl methyl sites for hydroxylation is 6. The van der Waals surface area contributed by atoms with Crippen molar-refractivity contribution < 1.29 is 0 Å². The number of benzene rings is 3. The zero-order chi connectivity index (χ0) is 22.3. The molecule has 1 heterocycles. The highest BCUT2D eigenvalue weighted by molar-refractivity contribution is 6.96. The average molecular weight is 406 g/mol. The highest BCUT2D eigenvalue weighted by Gasteiger charge is 2.31. The van der Waals surface area contributed by atoms with E-state index in [4.69, 9.17) is 4.98 Å². The van der Waals surface area contributed by atoms with Gasteiger partial charge in [-0.2, -0.15) is 0 Å². The summed E-state index contributed by atoms with van der Waals surface area (Å²) in [7, 11) is 2.15. The molecule has 0 spiro atoms. The normalized spacial score (nSPS) is 11.1. The van der Waals surface area contributed by atoms with Crippen molar-refractivity contribution in [3.8, 4) is 11.4 Å². The van der Waals surface area contributed by atoms with Crippen LogP contribution in [0.2, 0.25) is 0 Å². The van der Waals surface area contributed by atoms with E-state index in [2.05, 4.69) is 108 Å². The minimum atomic E-state index is 0.135. The Morgan fingerprint density at radius 2 is 1.13 bits per heavy atom. The van der Waals surface area contributed by atoms with Crippen LogP contribution in [0.4, 0.5) is 0 Å². The molecule has 3 heteroatoms. The zero-order valence-corrected chi connectivity index (χ0v) is 19.7.